The number of hydrogen-bond donors (Lipinski definition) is 0. The number of rotatable bonds is 4. The van der Waals surface area contributed by atoms with Crippen molar-refractivity contribution in [3.63, 3.8) is 0 Å². The largest absolute Gasteiger partial charge is 0.497 e. The molecule has 2 aromatic carbocycles. The SMILES string of the molecule is CCC(=O)N1N=C2c3ccc(OC)cc3CC[C@@H]2[C@H]1c1ccc([N+](=O)[O-])cc1. The first kappa shape index (κ1) is 18.2. The molecule has 2 aromatic rings. The van der Waals surface area contributed by atoms with E-state index < -0.39 is 4.92 Å². The van der Waals surface area contributed by atoms with E-state index in [0.717, 1.165) is 35.4 Å². The fourth-order valence-corrected chi connectivity index (χ4v) is 4.13. The van der Waals surface area contributed by atoms with Crippen molar-refractivity contribution in [3.8, 4) is 5.75 Å². The average Bonchev–Trinajstić information content (AvgIpc) is 3.12. The number of nitrogens with zero attached hydrogens (tertiary/aromatic N) is 3. The van der Waals surface area contributed by atoms with Crippen molar-refractivity contribution in [2.24, 2.45) is 11.0 Å². The fraction of sp³-hybridized carbons (Fsp3) is 0.333. The Labute approximate surface area is 162 Å². The van der Waals surface area contributed by atoms with Gasteiger partial charge in [0.15, 0.2) is 0 Å². The van der Waals surface area contributed by atoms with Gasteiger partial charge in [0.1, 0.15) is 5.75 Å². The Hall–Kier alpha value is -3.22. The molecule has 0 saturated heterocycles. The van der Waals surface area contributed by atoms with Crippen molar-refractivity contribution < 1.29 is 14.5 Å². The number of hydrogen-bond acceptors (Lipinski definition) is 5. The summed E-state index contributed by atoms with van der Waals surface area (Å²) in [6, 6.07) is 12.2. The highest BCUT2D eigenvalue weighted by atomic mass is 16.6. The summed E-state index contributed by atoms with van der Waals surface area (Å²) >= 11 is 0. The molecule has 0 fully saturated rings. The second-order valence-corrected chi connectivity index (χ2v) is 7.04. The monoisotopic (exact) mass is 379 g/mol. The molecule has 0 aromatic heterocycles. The number of nitro groups is 1. The summed E-state index contributed by atoms with van der Waals surface area (Å²) in [7, 11) is 1.65. The molecule has 0 spiro atoms. The zero-order valence-corrected chi connectivity index (χ0v) is 15.8. The zero-order chi connectivity index (χ0) is 19.8. The number of nitro benzene ring substituents is 1. The first-order valence-corrected chi connectivity index (χ1v) is 9.35. The summed E-state index contributed by atoms with van der Waals surface area (Å²) in [5, 5.41) is 17.3. The number of fused-ring (bicyclic) bond motifs is 3. The molecule has 28 heavy (non-hydrogen) atoms. The van der Waals surface area contributed by atoms with E-state index in [-0.39, 0.29) is 23.6 Å². The maximum atomic E-state index is 12.6. The lowest BCUT2D eigenvalue weighted by atomic mass is 9.77. The van der Waals surface area contributed by atoms with Crippen LogP contribution in [0.2, 0.25) is 0 Å². The molecule has 1 amide bonds. The Morgan fingerprint density at radius 1 is 1.29 bits per heavy atom. The number of ether oxygens (including phenoxy) is 1. The molecule has 1 heterocycles. The van der Waals surface area contributed by atoms with Crippen LogP contribution in [-0.2, 0) is 11.2 Å². The molecule has 144 valence electrons. The van der Waals surface area contributed by atoms with E-state index in [9.17, 15) is 14.9 Å². The van der Waals surface area contributed by atoms with Crippen LogP contribution in [-0.4, -0.2) is 28.7 Å². The van der Waals surface area contributed by atoms with E-state index in [4.69, 9.17) is 9.84 Å². The highest BCUT2D eigenvalue weighted by Crippen LogP contribution is 2.44. The van der Waals surface area contributed by atoms with Crippen LogP contribution in [0.1, 0.15) is 42.5 Å². The third kappa shape index (κ3) is 2.93. The standard InChI is InChI=1S/C21H21N3O4/c1-3-19(25)23-21(13-4-7-15(8-5-13)24(26)27)18-10-6-14-12-16(28-2)9-11-17(14)20(18)22-23/h4-5,7-9,11-12,18,21H,3,6,10H2,1-2H3/t18-,21+/m0/s1. The van der Waals surface area contributed by atoms with Gasteiger partial charge in [-0.25, -0.2) is 5.01 Å². The molecule has 2 atom stereocenters. The normalized spacial score (nSPS) is 20.2. The molecule has 0 saturated carbocycles. The van der Waals surface area contributed by atoms with E-state index >= 15 is 0 Å². The van der Waals surface area contributed by atoms with Gasteiger partial charge in [-0.05, 0) is 42.2 Å². The van der Waals surface area contributed by atoms with Gasteiger partial charge in [0.05, 0.1) is 23.8 Å². The van der Waals surface area contributed by atoms with E-state index in [0.29, 0.717) is 6.42 Å². The Morgan fingerprint density at radius 3 is 2.68 bits per heavy atom. The molecule has 0 unspecified atom stereocenters. The number of methoxy groups -OCH3 is 1. The Morgan fingerprint density at radius 2 is 2.04 bits per heavy atom. The summed E-state index contributed by atoms with van der Waals surface area (Å²) in [6.45, 7) is 1.82. The molecule has 7 heteroatoms. The van der Waals surface area contributed by atoms with Gasteiger partial charge in [-0.1, -0.05) is 19.1 Å². The van der Waals surface area contributed by atoms with Gasteiger partial charge < -0.3 is 4.74 Å². The zero-order valence-electron chi connectivity index (χ0n) is 15.8. The molecule has 4 rings (SSSR count). The molecule has 7 nitrogen and oxygen atoms in total. The number of aryl methyl sites for hydroxylation is 1. The van der Waals surface area contributed by atoms with Crippen LogP contribution < -0.4 is 4.74 Å². The van der Waals surface area contributed by atoms with Crippen LogP contribution in [0.3, 0.4) is 0 Å². The second kappa shape index (κ2) is 7.07. The summed E-state index contributed by atoms with van der Waals surface area (Å²) in [4.78, 5) is 23.2. The van der Waals surface area contributed by atoms with Gasteiger partial charge in [-0.3, -0.25) is 14.9 Å². The molecule has 1 aliphatic heterocycles. The van der Waals surface area contributed by atoms with Gasteiger partial charge in [-0.15, -0.1) is 0 Å². The topological polar surface area (TPSA) is 85.0 Å². The molecule has 1 aliphatic carbocycles. The maximum Gasteiger partial charge on any atom is 0.269 e. The lowest BCUT2D eigenvalue weighted by molar-refractivity contribution is -0.384. The third-order valence-electron chi connectivity index (χ3n) is 5.53. The van der Waals surface area contributed by atoms with Crippen LogP contribution >= 0.6 is 0 Å². The summed E-state index contributed by atoms with van der Waals surface area (Å²) < 4.78 is 5.33. The molecule has 0 radical (unpaired) electrons. The van der Waals surface area contributed by atoms with E-state index in [1.165, 1.54) is 17.7 Å². The highest BCUT2D eigenvalue weighted by Gasteiger charge is 2.43. The maximum absolute atomic E-state index is 12.6. The predicted octanol–water partition coefficient (Wildman–Crippen LogP) is 3.86. The van der Waals surface area contributed by atoms with Crippen molar-refractivity contribution in [3.05, 3.63) is 69.3 Å². The van der Waals surface area contributed by atoms with Crippen molar-refractivity contribution in [1.29, 1.82) is 0 Å². The van der Waals surface area contributed by atoms with Crippen LogP contribution in [0.5, 0.6) is 5.75 Å². The minimum Gasteiger partial charge on any atom is -0.497 e. The Kier molecular flexibility index (Phi) is 4.58. The van der Waals surface area contributed by atoms with Gasteiger partial charge in [0.2, 0.25) is 5.91 Å². The van der Waals surface area contributed by atoms with Crippen LogP contribution in [0.4, 0.5) is 5.69 Å². The molecular weight excluding hydrogens is 358 g/mol. The lowest BCUT2D eigenvalue weighted by Gasteiger charge is -2.29. The number of non-ortho nitro benzene ring substituents is 1. The van der Waals surface area contributed by atoms with Crippen molar-refractivity contribution in [2.45, 2.75) is 32.2 Å². The van der Waals surface area contributed by atoms with Crippen LogP contribution in [0.15, 0.2) is 47.6 Å². The average molecular weight is 379 g/mol. The van der Waals surface area contributed by atoms with Crippen molar-refractivity contribution in [2.75, 3.05) is 7.11 Å². The Bertz CT molecular complexity index is 968. The minimum absolute atomic E-state index is 0.0392. The summed E-state index contributed by atoms with van der Waals surface area (Å²) in [6.07, 6.45) is 2.07. The van der Waals surface area contributed by atoms with Gasteiger partial charge in [-0.2, -0.15) is 5.10 Å². The van der Waals surface area contributed by atoms with E-state index in [1.807, 2.05) is 25.1 Å². The lowest BCUT2D eigenvalue weighted by Crippen LogP contribution is -2.31. The van der Waals surface area contributed by atoms with Crippen LogP contribution in [0.25, 0.3) is 0 Å². The smallest absolute Gasteiger partial charge is 0.269 e. The number of amides is 1. The van der Waals surface area contributed by atoms with Gasteiger partial charge >= 0.3 is 0 Å². The molecule has 0 N–H and O–H groups in total. The quantitative estimate of drug-likeness (QED) is 0.596. The number of hydrazone groups is 1. The molecular formula is C21H21N3O4. The van der Waals surface area contributed by atoms with Gasteiger partial charge in [0, 0.05) is 30.0 Å². The number of benzene rings is 2. The summed E-state index contributed by atoms with van der Waals surface area (Å²) in [5.41, 5.74) is 4.04. The van der Waals surface area contributed by atoms with Gasteiger partial charge in [0.25, 0.3) is 5.69 Å². The molecule has 2 aliphatic rings. The fourth-order valence-electron chi connectivity index (χ4n) is 4.13. The minimum atomic E-state index is -0.417. The Balaban J connectivity index is 1.75. The number of carbonyl (C=O) groups excluding carboxylic acids is 1. The van der Waals surface area contributed by atoms with E-state index in [1.54, 1.807) is 24.3 Å². The number of carbonyl (C=O) groups is 1. The third-order valence-corrected chi connectivity index (χ3v) is 5.53. The van der Waals surface area contributed by atoms with Crippen molar-refractivity contribution >= 4 is 17.3 Å². The second-order valence-electron chi connectivity index (χ2n) is 7.04. The molecule has 0 bridgehead atoms. The first-order valence-electron chi connectivity index (χ1n) is 9.35. The van der Waals surface area contributed by atoms with Crippen molar-refractivity contribution in [1.82, 2.24) is 5.01 Å². The van der Waals surface area contributed by atoms with Crippen LogP contribution in [0, 0.1) is 16.0 Å². The summed E-state index contributed by atoms with van der Waals surface area (Å²) in [5.74, 6) is 0.822. The first-order chi connectivity index (χ1) is 13.5. The van der Waals surface area contributed by atoms with E-state index in [2.05, 4.69) is 0 Å². The highest BCUT2D eigenvalue weighted by molar-refractivity contribution is 6.07. The predicted molar refractivity (Wildman–Crippen MR) is 104 cm³/mol.